The van der Waals surface area contributed by atoms with Crippen LogP contribution in [0.25, 0.3) is 0 Å². The topological polar surface area (TPSA) is 32.3 Å². The predicted octanol–water partition coefficient (Wildman–Crippen LogP) is 3.80. The van der Waals surface area contributed by atoms with Gasteiger partial charge < -0.3 is 10.2 Å². The lowest BCUT2D eigenvalue weighted by Gasteiger charge is -2.20. The Labute approximate surface area is 128 Å². The van der Waals surface area contributed by atoms with Crippen molar-refractivity contribution in [3.63, 3.8) is 0 Å². The van der Waals surface area contributed by atoms with Crippen molar-refractivity contribution in [3.8, 4) is 0 Å². The van der Waals surface area contributed by atoms with Crippen LogP contribution in [0.1, 0.15) is 52.0 Å². The van der Waals surface area contributed by atoms with E-state index in [1.807, 2.05) is 12.1 Å². The molecule has 1 heterocycles. The smallest absolute Gasteiger partial charge is 0.224 e. The highest BCUT2D eigenvalue weighted by Crippen LogP contribution is 2.24. The molecule has 0 spiro atoms. The van der Waals surface area contributed by atoms with E-state index >= 15 is 0 Å². The predicted molar refractivity (Wildman–Crippen MR) is 88.7 cm³/mol. The van der Waals surface area contributed by atoms with Gasteiger partial charge in [0.15, 0.2) is 0 Å². The second-order valence-electron chi connectivity index (χ2n) is 7.03. The molecule has 1 aromatic rings. The molecule has 2 rings (SSSR count). The van der Waals surface area contributed by atoms with Crippen LogP contribution in [0.3, 0.4) is 0 Å². The fraction of sp³-hybridized carbons (Fsp3) is 0.611. The Bertz CT molecular complexity index is 470. The molecule has 1 aromatic carbocycles. The lowest BCUT2D eigenvalue weighted by atomic mass is 9.87. The maximum Gasteiger partial charge on any atom is 0.224 e. The van der Waals surface area contributed by atoms with Crippen LogP contribution < -0.4 is 5.32 Å². The minimum absolute atomic E-state index is 0.108. The summed E-state index contributed by atoms with van der Waals surface area (Å²) in [6, 6.07) is 8.18. The monoisotopic (exact) mass is 288 g/mol. The molecule has 116 valence electrons. The number of rotatable bonds is 5. The van der Waals surface area contributed by atoms with Crippen molar-refractivity contribution in [2.24, 2.45) is 0 Å². The zero-order chi connectivity index (χ0) is 15.3. The van der Waals surface area contributed by atoms with E-state index in [9.17, 15) is 4.79 Å². The number of anilines is 1. The van der Waals surface area contributed by atoms with Crippen LogP contribution in [0.2, 0.25) is 0 Å². The Morgan fingerprint density at radius 2 is 1.95 bits per heavy atom. The van der Waals surface area contributed by atoms with E-state index < -0.39 is 0 Å². The zero-order valence-corrected chi connectivity index (χ0v) is 13.6. The number of hydrogen-bond donors (Lipinski definition) is 1. The van der Waals surface area contributed by atoms with E-state index in [-0.39, 0.29) is 11.3 Å². The number of likely N-dealkylation sites (tertiary alicyclic amines) is 1. The van der Waals surface area contributed by atoms with Crippen LogP contribution >= 0.6 is 0 Å². The molecule has 0 aromatic heterocycles. The van der Waals surface area contributed by atoms with Gasteiger partial charge in [-0.25, -0.2) is 0 Å². The van der Waals surface area contributed by atoms with E-state index in [0.29, 0.717) is 6.42 Å². The van der Waals surface area contributed by atoms with E-state index in [4.69, 9.17) is 0 Å². The van der Waals surface area contributed by atoms with Crippen molar-refractivity contribution in [1.82, 2.24) is 4.90 Å². The molecule has 1 aliphatic heterocycles. The van der Waals surface area contributed by atoms with Crippen molar-refractivity contribution in [2.45, 2.75) is 51.9 Å². The molecule has 3 heteroatoms. The summed E-state index contributed by atoms with van der Waals surface area (Å²) in [6.07, 6.45) is 4.18. The number of benzene rings is 1. The van der Waals surface area contributed by atoms with Gasteiger partial charge in [0.1, 0.15) is 0 Å². The zero-order valence-electron chi connectivity index (χ0n) is 13.6. The van der Waals surface area contributed by atoms with Crippen LogP contribution in [0.4, 0.5) is 5.69 Å². The first-order chi connectivity index (χ1) is 9.95. The molecular weight excluding hydrogens is 260 g/mol. The Morgan fingerprint density at radius 1 is 1.24 bits per heavy atom. The van der Waals surface area contributed by atoms with Gasteiger partial charge in [-0.1, -0.05) is 32.9 Å². The molecular formula is C18H28N2O. The standard InChI is InChI=1S/C18H28N2O/c1-18(2,3)15-8-6-9-16(14-15)19-17(21)10-7-13-20-11-4-5-12-20/h6,8-9,14H,4-5,7,10-13H2,1-3H3,(H,19,21). The highest BCUT2D eigenvalue weighted by atomic mass is 16.1. The minimum Gasteiger partial charge on any atom is -0.326 e. The van der Waals surface area contributed by atoms with Crippen molar-refractivity contribution >= 4 is 11.6 Å². The SMILES string of the molecule is CC(C)(C)c1cccc(NC(=O)CCCN2CCCC2)c1. The molecule has 1 N–H and O–H groups in total. The number of hydrogen-bond acceptors (Lipinski definition) is 2. The summed E-state index contributed by atoms with van der Waals surface area (Å²) in [5.41, 5.74) is 2.27. The first-order valence-electron chi connectivity index (χ1n) is 8.08. The third kappa shape index (κ3) is 5.16. The molecule has 1 saturated heterocycles. The van der Waals surface area contributed by atoms with Gasteiger partial charge in [0.2, 0.25) is 5.91 Å². The second kappa shape index (κ2) is 7.08. The normalized spacial score (nSPS) is 16.1. The lowest BCUT2D eigenvalue weighted by Crippen LogP contribution is -2.22. The fourth-order valence-electron chi connectivity index (χ4n) is 2.76. The molecule has 0 radical (unpaired) electrons. The number of nitrogens with zero attached hydrogens (tertiary/aromatic N) is 1. The van der Waals surface area contributed by atoms with Gasteiger partial charge >= 0.3 is 0 Å². The van der Waals surface area contributed by atoms with Crippen molar-refractivity contribution in [2.75, 3.05) is 25.0 Å². The molecule has 1 fully saturated rings. The van der Waals surface area contributed by atoms with Gasteiger partial charge in [-0.3, -0.25) is 4.79 Å². The van der Waals surface area contributed by atoms with Crippen molar-refractivity contribution < 1.29 is 4.79 Å². The van der Waals surface area contributed by atoms with E-state index in [2.05, 4.69) is 43.1 Å². The third-order valence-corrected chi connectivity index (χ3v) is 4.09. The van der Waals surface area contributed by atoms with Gasteiger partial charge in [0.05, 0.1) is 0 Å². The lowest BCUT2D eigenvalue weighted by molar-refractivity contribution is -0.116. The van der Waals surface area contributed by atoms with Crippen LogP contribution in [-0.4, -0.2) is 30.4 Å². The summed E-state index contributed by atoms with van der Waals surface area (Å²) < 4.78 is 0. The van der Waals surface area contributed by atoms with Crippen LogP contribution in [0.15, 0.2) is 24.3 Å². The Morgan fingerprint density at radius 3 is 2.62 bits per heavy atom. The van der Waals surface area contributed by atoms with Gasteiger partial charge in [0.25, 0.3) is 0 Å². The minimum atomic E-state index is 0.108. The summed E-state index contributed by atoms with van der Waals surface area (Å²) in [7, 11) is 0. The number of carbonyl (C=O) groups excluding carboxylic acids is 1. The second-order valence-corrected chi connectivity index (χ2v) is 7.03. The van der Waals surface area contributed by atoms with Crippen molar-refractivity contribution in [3.05, 3.63) is 29.8 Å². The van der Waals surface area contributed by atoms with Gasteiger partial charge in [-0.15, -0.1) is 0 Å². The van der Waals surface area contributed by atoms with E-state index in [0.717, 1.165) is 18.7 Å². The molecule has 0 bridgehead atoms. The Kier molecular flexibility index (Phi) is 5.40. The quantitative estimate of drug-likeness (QED) is 0.894. The maximum atomic E-state index is 12.0. The number of nitrogens with one attached hydrogen (secondary N) is 1. The highest BCUT2D eigenvalue weighted by Gasteiger charge is 2.14. The van der Waals surface area contributed by atoms with E-state index in [1.165, 1.54) is 31.5 Å². The molecule has 0 saturated carbocycles. The molecule has 21 heavy (non-hydrogen) atoms. The largest absolute Gasteiger partial charge is 0.326 e. The number of carbonyl (C=O) groups is 1. The molecule has 1 amide bonds. The summed E-state index contributed by atoms with van der Waals surface area (Å²) in [4.78, 5) is 14.5. The average molecular weight is 288 g/mol. The first kappa shape index (κ1) is 16.0. The fourth-order valence-corrected chi connectivity index (χ4v) is 2.76. The van der Waals surface area contributed by atoms with Gasteiger partial charge in [-0.05, 0) is 62.0 Å². The summed E-state index contributed by atoms with van der Waals surface area (Å²) in [5, 5.41) is 3.02. The Balaban J connectivity index is 1.79. The van der Waals surface area contributed by atoms with Crippen LogP contribution in [0, 0.1) is 0 Å². The summed E-state index contributed by atoms with van der Waals surface area (Å²) >= 11 is 0. The summed E-state index contributed by atoms with van der Waals surface area (Å²) in [5.74, 6) is 0.125. The van der Waals surface area contributed by atoms with Crippen LogP contribution in [0.5, 0.6) is 0 Å². The van der Waals surface area contributed by atoms with E-state index in [1.54, 1.807) is 0 Å². The van der Waals surface area contributed by atoms with Crippen LogP contribution in [-0.2, 0) is 10.2 Å². The van der Waals surface area contributed by atoms with Gasteiger partial charge in [0, 0.05) is 12.1 Å². The third-order valence-electron chi connectivity index (χ3n) is 4.09. The van der Waals surface area contributed by atoms with Crippen molar-refractivity contribution in [1.29, 1.82) is 0 Å². The first-order valence-corrected chi connectivity index (χ1v) is 8.08. The number of amides is 1. The molecule has 1 aliphatic rings. The molecule has 0 unspecified atom stereocenters. The maximum absolute atomic E-state index is 12.0. The molecule has 0 atom stereocenters. The van der Waals surface area contributed by atoms with Gasteiger partial charge in [-0.2, -0.15) is 0 Å². The average Bonchev–Trinajstić information content (AvgIpc) is 2.91. The summed E-state index contributed by atoms with van der Waals surface area (Å²) in [6.45, 7) is 10.0. The highest BCUT2D eigenvalue weighted by molar-refractivity contribution is 5.90. The molecule has 3 nitrogen and oxygen atoms in total. The molecule has 0 aliphatic carbocycles. The Hall–Kier alpha value is -1.35.